The Morgan fingerprint density at radius 1 is 1.05 bits per heavy atom. The van der Waals surface area contributed by atoms with Crippen molar-refractivity contribution in [2.24, 2.45) is 0 Å². The van der Waals surface area contributed by atoms with Crippen molar-refractivity contribution >= 4 is 17.4 Å². The molecule has 0 aliphatic carbocycles. The lowest BCUT2D eigenvalue weighted by atomic mass is 10.2. The first-order valence-corrected chi connectivity index (χ1v) is 8.09. The number of anilines is 1. The highest BCUT2D eigenvalue weighted by Crippen LogP contribution is 2.17. The standard InChI is InChI=1S/C17H20FNS/c1-2-11-20-13-14-7-9-16(10-8-14)19-12-15-5-3-4-6-17(15)18/h3-10,19H,2,11-13H2,1H3. The second-order valence-electron chi connectivity index (χ2n) is 4.69. The number of rotatable bonds is 7. The Labute approximate surface area is 124 Å². The van der Waals surface area contributed by atoms with Crippen molar-refractivity contribution in [3.05, 3.63) is 65.5 Å². The lowest BCUT2D eigenvalue weighted by Crippen LogP contribution is -2.01. The van der Waals surface area contributed by atoms with E-state index < -0.39 is 0 Å². The summed E-state index contributed by atoms with van der Waals surface area (Å²) in [7, 11) is 0. The molecule has 2 rings (SSSR count). The summed E-state index contributed by atoms with van der Waals surface area (Å²) in [6, 6.07) is 15.2. The maximum absolute atomic E-state index is 13.5. The minimum absolute atomic E-state index is 0.160. The molecule has 0 saturated heterocycles. The molecular weight excluding hydrogens is 269 g/mol. The van der Waals surface area contributed by atoms with Crippen molar-refractivity contribution in [2.75, 3.05) is 11.1 Å². The Hall–Kier alpha value is -1.48. The van der Waals surface area contributed by atoms with Crippen molar-refractivity contribution < 1.29 is 4.39 Å². The topological polar surface area (TPSA) is 12.0 Å². The molecule has 0 aliphatic heterocycles. The van der Waals surface area contributed by atoms with Crippen LogP contribution in [-0.2, 0) is 12.3 Å². The Kier molecular flexibility index (Phi) is 5.93. The van der Waals surface area contributed by atoms with E-state index in [0.29, 0.717) is 12.1 Å². The lowest BCUT2D eigenvalue weighted by Gasteiger charge is -2.08. The van der Waals surface area contributed by atoms with Gasteiger partial charge in [0, 0.05) is 23.5 Å². The fraction of sp³-hybridized carbons (Fsp3) is 0.294. The fourth-order valence-electron chi connectivity index (χ4n) is 1.89. The van der Waals surface area contributed by atoms with Crippen molar-refractivity contribution in [1.82, 2.24) is 0 Å². The van der Waals surface area contributed by atoms with Gasteiger partial charge < -0.3 is 5.32 Å². The summed E-state index contributed by atoms with van der Waals surface area (Å²) in [5, 5.41) is 3.25. The SMILES string of the molecule is CCCSCc1ccc(NCc2ccccc2F)cc1. The molecular formula is C17H20FNS. The third kappa shape index (κ3) is 4.57. The predicted molar refractivity (Wildman–Crippen MR) is 86.6 cm³/mol. The number of halogens is 1. The minimum atomic E-state index is -0.160. The molecule has 0 radical (unpaired) electrons. The summed E-state index contributed by atoms with van der Waals surface area (Å²) < 4.78 is 13.5. The maximum Gasteiger partial charge on any atom is 0.128 e. The number of benzene rings is 2. The summed E-state index contributed by atoms with van der Waals surface area (Å²) in [6.07, 6.45) is 1.22. The zero-order chi connectivity index (χ0) is 14.2. The van der Waals surface area contributed by atoms with Gasteiger partial charge in [0.1, 0.15) is 5.82 Å². The summed E-state index contributed by atoms with van der Waals surface area (Å²) >= 11 is 1.95. The molecule has 3 heteroatoms. The highest BCUT2D eigenvalue weighted by Gasteiger charge is 2.00. The van der Waals surface area contributed by atoms with Gasteiger partial charge in [-0.05, 0) is 35.9 Å². The predicted octanol–water partition coefficient (Wildman–Crippen LogP) is 5.08. The Morgan fingerprint density at radius 2 is 1.80 bits per heavy atom. The van der Waals surface area contributed by atoms with E-state index in [1.807, 2.05) is 17.8 Å². The largest absolute Gasteiger partial charge is 0.381 e. The minimum Gasteiger partial charge on any atom is -0.381 e. The average Bonchev–Trinajstić information content (AvgIpc) is 2.48. The van der Waals surface area contributed by atoms with Crippen molar-refractivity contribution in [3.8, 4) is 0 Å². The van der Waals surface area contributed by atoms with E-state index in [9.17, 15) is 4.39 Å². The number of hydrogen-bond donors (Lipinski definition) is 1. The van der Waals surface area contributed by atoms with Gasteiger partial charge >= 0.3 is 0 Å². The Balaban J connectivity index is 1.86. The van der Waals surface area contributed by atoms with Crippen molar-refractivity contribution in [2.45, 2.75) is 25.6 Å². The molecule has 0 aliphatic rings. The van der Waals surface area contributed by atoms with Gasteiger partial charge in [0.05, 0.1) is 0 Å². The molecule has 20 heavy (non-hydrogen) atoms. The van der Waals surface area contributed by atoms with Gasteiger partial charge in [-0.15, -0.1) is 0 Å². The maximum atomic E-state index is 13.5. The molecule has 0 amide bonds. The Morgan fingerprint density at radius 3 is 2.50 bits per heavy atom. The zero-order valence-corrected chi connectivity index (χ0v) is 12.5. The molecule has 0 aromatic heterocycles. The molecule has 0 atom stereocenters. The van der Waals surface area contributed by atoms with E-state index in [-0.39, 0.29) is 5.82 Å². The van der Waals surface area contributed by atoms with Crippen molar-refractivity contribution in [1.29, 1.82) is 0 Å². The van der Waals surface area contributed by atoms with Crippen LogP contribution in [0.4, 0.5) is 10.1 Å². The summed E-state index contributed by atoms with van der Waals surface area (Å²) in [4.78, 5) is 0. The molecule has 0 bridgehead atoms. The second kappa shape index (κ2) is 7.95. The van der Waals surface area contributed by atoms with Crippen LogP contribution in [0.1, 0.15) is 24.5 Å². The average molecular weight is 289 g/mol. The summed E-state index contributed by atoms with van der Waals surface area (Å²) in [5.74, 6) is 2.10. The lowest BCUT2D eigenvalue weighted by molar-refractivity contribution is 0.613. The first-order valence-electron chi connectivity index (χ1n) is 6.93. The molecule has 0 heterocycles. The van der Waals surface area contributed by atoms with Crippen LogP contribution < -0.4 is 5.32 Å². The van der Waals surface area contributed by atoms with Crippen LogP contribution in [0.25, 0.3) is 0 Å². The second-order valence-corrected chi connectivity index (χ2v) is 5.80. The smallest absolute Gasteiger partial charge is 0.128 e. The van der Waals surface area contributed by atoms with E-state index in [1.54, 1.807) is 12.1 Å². The van der Waals surface area contributed by atoms with Gasteiger partial charge in [0.25, 0.3) is 0 Å². The van der Waals surface area contributed by atoms with E-state index >= 15 is 0 Å². The van der Waals surface area contributed by atoms with Crippen LogP contribution in [0.15, 0.2) is 48.5 Å². The Bertz CT molecular complexity index is 525. The fourth-order valence-corrected chi connectivity index (χ4v) is 2.75. The van der Waals surface area contributed by atoms with Gasteiger partial charge in [0.15, 0.2) is 0 Å². The van der Waals surface area contributed by atoms with Gasteiger partial charge in [0.2, 0.25) is 0 Å². The highest BCUT2D eigenvalue weighted by molar-refractivity contribution is 7.98. The first kappa shape index (κ1) is 14.9. The molecule has 0 spiro atoms. The molecule has 0 saturated carbocycles. The molecule has 2 aromatic rings. The van der Waals surface area contributed by atoms with Crippen LogP contribution in [0.5, 0.6) is 0 Å². The van der Waals surface area contributed by atoms with Crippen molar-refractivity contribution in [3.63, 3.8) is 0 Å². The normalized spacial score (nSPS) is 10.5. The van der Waals surface area contributed by atoms with Crippen LogP contribution >= 0.6 is 11.8 Å². The van der Waals surface area contributed by atoms with Crippen LogP contribution in [0.2, 0.25) is 0 Å². The molecule has 2 aromatic carbocycles. The van der Waals surface area contributed by atoms with Gasteiger partial charge in [-0.3, -0.25) is 0 Å². The number of nitrogens with one attached hydrogen (secondary N) is 1. The van der Waals surface area contributed by atoms with Crippen LogP contribution in [0.3, 0.4) is 0 Å². The molecule has 0 fully saturated rings. The molecule has 1 nitrogen and oxygen atoms in total. The molecule has 106 valence electrons. The summed E-state index contributed by atoms with van der Waals surface area (Å²) in [5.41, 5.74) is 3.05. The monoisotopic (exact) mass is 289 g/mol. The van der Waals surface area contributed by atoms with E-state index in [0.717, 1.165) is 11.4 Å². The summed E-state index contributed by atoms with van der Waals surface area (Å²) in [6.45, 7) is 2.71. The van der Waals surface area contributed by atoms with Gasteiger partial charge in [-0.25, -0.2) is 4.39 Å². The van der Waals surface area contributed by atoms with Gasteiger partial charge in [-0.2, -0.15) is 11.8 Å². The van der Waals surface area contributed by atoms with Crippen LogP contribution in [-0.4, -0.2) is 5.75 Å². The third-order valence-electron chi connectivity index (χ3n) is 3.01. The number of hydrogen-bond acceptors (Lipinski definition) is 2. The van der Waals surface area contributed by atoms with Gasteiger partial charge in [-0.1, -0.05) is 37.3 Å². The highest BCUT2D eigenvalue weighted by atomic mass is 32.2. The number of thioether (sulfide) groups is 1. The van der Waals surface area contributed by atoms with E-state index in [4.69, 9.17) is 0 Å². The molecule has 0 unspecified atom stereocenters. The molecule has 1 N–H and O–H groups in total. The third-order valence-corrected chi connectivity index (χ3v) is 4.25. The van der Waals surface area contributed by atoms with E-state index in [1.165, 1.54) is 23.8 Å². The zero-order valence-electron chi connectivity index (χ0n) is 11.7. The first-order chi connectivity index (χ1) is 9.79. The van der Waals surface area contributed by atoms with E-state index in [2.05, 4.69) is 36.5 Å². The van der Waals surface area contributed by atoms with Crippen LogP contribution in [0, 0.1) is 5.82 Å². The quantitative estimate of drug-likeness (QED) is 0.713.